The molecule has 1 aromatic heterocycles. The van der Waals surface area contributed by atoms with Crippen LogP contribution in [0.2, 0.25) is 5.02 Å². The normalized spacial score (nSPS) is 10.6. The molecule has 0 saturated heterocycles. The quantitative estimate of drug-likeness (QED) is 0.801. The minimum atomic E-state index is -0.394. The zero-order chi connectivity index (χ0) is 11.4. The summed E-state index contributed by atoms with van der Waals surface area (Å²) in [5, 5.41) is 0.103. The van der Waals surface area contributed by atoms with Crippen LogP contribution >= 0.6 is 11.6 Å². The number of aryl methyl sites for hydroxylation is 1. The summed E-state index contributed by atoms with van der Waals surface area (Å²) in [4.78, 5) is 25.6. The van der Waals surface area contributed by atoms with Crippen molar-refractivity contribution in [3.63, 3.8) is 0 Å². The Morgan fingerprint density at radius 1 is 1.33 bits per heavy atom. The summed E-state index contributed by atoms with van der Waals surface area (Å²) in [5.41, 5.74) is -0.342. The molecule has 0 aromatic carbocycles. The molecule has 1 N–H and O–H groups in total. The Morgan fingerprint density at radius 3 is 2.60 bits per heavy atom. The second-order valence-electron chi connectivity index (χ2n) is 3.53. The molecule has 0 bridgehead atoms. The van der Waals surface area contributed by atoms with Crippen LogP contribution in [0.5, 0.6) is 0 Å². The maximum Gasteiger partial charge on any atom is 0.328 e. The molecule has 1 aromatic rings. The summed E-state index contributed by atoms with van der Waals surface area (Å²) < 4.78 is 1.16. The van der Waals surface area contributed by atoms with Crippen LogP contribution in [0.25, 0.3) is 0 Å². The van der Waals surface area contributed by atoms with Gasteiger partial charge in [-0.05, 0) is 13.3 Å². The van der Waals surface area contributed by atoms with Crippen LogP contribution in [-0.4, -0.2) is 9.55 Å². The van der Waals surface area contributed by atoms with Gasteiger partial charge in [0.2, 0.25) is 0 Å². The molecule has 1 heterocycles. The van der Waals surface area contributed by atoms with Crippen molar-refractivity contribution < 1.29 is 0 Å². The van der Waals surface area contributed by atoms with Gasteiger partial charge < -0.3 is 4.98 Å². The fraction of sp³-hybridized carbons (Fsp3) is 0.600. The summed E-state index contributed by atoms with van der Waals surface area (Å²) in [7, 11) is 0. The average Bonchev–Trinajstić information content (AvgIpc) is 2.20. The standard InChI is InChI=1S/C10H15ClN2O2/c1-3-4-5-6-13-9(14)8(11)7(2)12-10(13)15/h3-6H2,1-2H3,(H,12,15). The second kappa shape index (κ2) is 5.16. The molecule has 84 valence electrons. The molecule has 0 aliphatic heterocycles. The number of rotatable bonds is 4. The van der Waals surface area contributed by atoms with E-state index in [0.29, 0.717) is 12.2 Å². The van der Waals surface area contributed by atoms with E-state index in [1.165, 1.54) is 0 Å². The lowest BCUT2D eigenvalue weighted by Gasteiger charge is -2.05. The highest BCUT2D eigenvalue weighted by Crippen LogP contribution is 2.03. The van der Waals surface area contributed by atoms with Gasteiger partial charge in [-0.2, -0.15) is 0 Å². The van der Waals surface area contributed by atoms with Gasteiger partial charge in [-0.15, -0.1) is 0 Å². The lowest BCUT2D eigenvalue weighted by Crippen LogP contribution is -2.36. The molecule has 0 atom stereocenters. The number of H-pyrrole nitrogens is 1. The van der Waals surface area contributed by atoms with Gasteiger partial charge in [-0.3, -0.25) is 9.36 Å². The second-order valence-corrected chi connectivity index (χ2v) is 3.91. The molecular weight excluding hydrogens is 216 g/mol. The van der Waals surface area contributed by atoms with Crippen molar-refractivity contribution in [3.8, 4) is 0 Å². The fourth-order valence-electron chi connectivity index (χ4n) is 1.38. The Hall–Kier alpha value is -1.03. The Morgan fingerprint density at radius 2 is 2.00 bits per heavy atom. The zero-order valence-electron chi connectivity index (χ0n) is 8.97. The number of hydrogen-bond acceptors (Lipinski definition) is 2. The minimum absolute atomic E-state index is 0.103. The Balaban J connectivity index is 3.03. The van der Waals surface area contributed by atoms with Crippen LogP contribution in [0.3, 0.4) is 0 Å². The van der Waals surface area contributed by atoms with Crippen molar-refractivity contribution in [2.75, 3.05) is 0 Å². The Bertz CT molecular complexity index is 448. The van der Waals surface area contributed by atoms with Crippen LogP contribution in [0.1, 0.15) is 31.9 Å². The van der Waals surface area contributed by atoms with Gasteiger partial charge in [0, 0.05) is 12.2 Å². The summed E-state index contributed by atoms with van der Waals surface area (Å²) >= 11 is 5.76. The third-order valence-electron chi connectivity index (χ3n) is 2.29. The van der Waals surface area contributed by atoms with Crippen molar-refractivity contribution >= 4 is 11.6 Å². The lowest BCUT2D eigenvalue weighted by atomic mass is 10.2. The predicted octanol–water partition coefficient (Wildman–Crippen LogP) is 1.69. The SMILES string of the molecule is CCCCCn1c(=O)[nH]c(C)c(Cl)c1=O. The first-order valence-electron chi connectivity index (χ1n) is 5.07. The highest BCUT2D eigenvalue weighted by atomic mass is 35.5. The molecule has 0 amide bonds. The van der Waals surface area contributed by atoms with E-state index in [9.17, 15) is 9.59 Å². The highest BCUT2D eigenvalue weighted by Gasteiger charge is 2.08. The molecule has 0 aliphatic carbocycles. The van der Waals surface area contributed by atoms with Crippen molar-refractivity contribution in [1.82, 2.24) is 9.55 Å². The van der Waals surface area contributed by atoms with E-state index in [4.69, 9.17) is 11.6 Å². The molecule has 0 unspecified atom stereocenters. The van der Waals surface area contributed by atoms with Gasteiger partial charge in [0.15, 0.2) is 0 Å². The number of halogens is 1. The van der Waals surface area contributed by atoms with Crippen LogP contribution < -0.4 is 11.2 Å². The van der Waals surface area contributed by atoms with Crippen molar-refractivity contribution in [3.05, 3.63) is 31.6 Å². The van der Waals surface area contributed by atoms with E-state index in [2.05, 4.69) is 11.9 Å². The largest absolute Gasteiger partial charge is 0.328 e. The number of nitrogens with one attached hydrogen (secondary N) is 1. The van der Waals surface area contributed by atoms with Gasteiger partial charge in [0.25, 0.3) is 5.56 Å². The van der Waals surface area contributed by atoms with Gasteiger partial charge in [0.05, 0.1) is 0 Å². The minimum Gasteiger partial charge on any atom is -0.310 e. The van der Waals surface area contributed by atoms with Crippen molar-refractivity contribution in [2.24, 2.45) is 0 Å². The number of aromatic nitrogens is 2. The van der Waals surface area contributed by atoms with Gasteiger partial charge in [0.1, 0.15) is 5.02 Å². The summed E-state index contributed by atoms with van der Waals surface area (Å²) in [6.45, 7) is 4.11. The van der Waals surface area contributed by atoms with Gasteiger partial charge in [-0.1, -0.05) is 31.4 Å². The van der Waals surface area contributed by atoms with E-state index >= 15 is 0 Å². The third-order valence-corrected chi connectivity index (χ3v) is 2.73. The van der Waals surface area contributed by atoms with E-state index in [1.54, 1.807) is 6.92 Å². The number of hydrogen-bond donors (Lipinski definition) is 1. The summed E-state index contributed by atoms with van der Waals surface area (Å²) in [6.07, 6.45) is 2.86. The first-order chi connectivity index (χ1) is 7.07. The first-order valence-corrected chi connectivity index (χ1v) is 5.45. The average molecular weight is 231 g/mol. The maximum absolute atomic E-state index is 11.6. The predicted molar refractivity (Wildman–Crippen MR) is 60.6 cm³/mol. The molecule has 5 heteroatoms. The Kier molecular flexibility index (Phi) is 4.15. The summed E-state index contributed by atoms with van der Waals surface area (Å²) in [5.74, 6) is 0. The Labute approximate surface area is 92.9 Å². The van der Waals surface area contributed by atoms with Gasteiger partial charge in [-0.25, -0.2) is 4.79 Å². The topological polar surface area (TPSA) is 54.9 Å². The van der Waals surface area contributed by atoms with Crippen LogP contribution in [0.4, 0.5) is 0 Å². The highest BCUT2D eigenvalue weighted by molar-refractivity contribution is 6.30. The van der Waals surface area contributed by atoms with Crippen molar-refractivity contribution in [1.29, 1.82) is 0 Å². The van der Waals surface area contributed by atoms with Crippen LogP contribution in [0, 0.1) is 6.92 Å². The molecule has 4 nitrogen and oxygen atoms in total. The third kappa shape index (κ3) is 2.72. The molecule has 0 spiro atoms. The van der Waals surface area contributed by atoms with Gasteiger partial charge >= 0.3 is 5.69 Å². The molecular formula is C10H15ClN2O2. The lowest BCUT2D eigenvalue weighted by molar-refractivity contribution is 0.561. The van der Waals surface area contributed by atoms with E-state index in [0.717, 1.165) is 23.8 Å². The van der Waals surface area contributed by atoms with Crippen molar-refractivity contribution in [2.45, 2.75) is 39.7 Å². The van der Waals surface area contributed by atoms with Crippen LogP contribution in [-0.2, 0) is 6.54 Å². The molecule has 1 rings (SSSR count). The smallest absolute Gasteiger partial charge is 0.310 e. The molecule has 0 radical (unpaired) electrons. The molecule has 0 aliphatic rings. The molecule has 0 fully saturated rings. The van der Waals surface area contributed by atoms with E-state index in [1.807, 2.05) is 0 Å². The fourth-order valence-corrected chi connectivity index (χ4v) is 1.53. The molecule has 15 heavy (non-hydrogen) atoms. The van der Waals surface area contributed by atoms with E-state index < -0.39 is 5.56 Å². The first kappa shape index (κ1) is 12.0. The zero-order valence-corrected chi connectivity index (χ0v) is 9.73. The maximum atomic E-state index is 11.6. The monoisotopic (exact) mass is 230 g/mol. The van der Waals surface area contributed by atoms with E-state index in [-0.39, 0.29) is 10.7 Å². The van der Waals surface area contributed by atoms with Crippen LogP contribution in [0.15, 0.2) is 9.59 Å². The summed E-state index contributed by atoms with van der Waals surface area (Å²) in [6, 6.07) is 0. The number of aromatic amines is 1. The molecule has 0 saturated carbocycles. The number of unbranched alkanes of at least 4 members (excludes halogenated alkanes) is 2. The number of nitrogens with zero attached hydrogens (tertiary/aromatic N) is 1.